The molecule has 0 radical (unpaired) electrons. The molecule has 0 saturated carbocycles. The number of ether oxygens (including phenoxy) is 2. The van der Waals surface area contributed by atoms with Crippen molar-refractivity contribution >= 4 is 5.97 Å². The number of rotatable bonds is 5. The molecule has 5 atom stereocenters. The van der Waals surface area contributed by atoms with E-state index in [2.05, 4.69) is 11.8 Å². The van der Waals surface area contributed by atoms with Crippen LogP contribution in [0.15, 0.2) is 18.2 Å². The first kappa shape index (κ1) is 22.1. The minimum absolute atomic E-state index is 0.0590. The van der Waals surface area contributed by atoms with E-state index in [4.69, 9.17) is 9.47 Å². The van der Waals surface area contributed by atoms with Crippen molar-refractivity contribution in [2.45, 2.75) is 64.3 Å². The zero-order chi connectivity index (χ0) is 20.7. The largest absolute Gasteiger partial charge is 0.504 e. The maximum Gasteiger partial charge on any atom is 0.302 e. The molecule has 28 heavy (non-hydrogen) atoms. The highest BCUT2D eigenvalue weighted by Gasteiger charge is 2.28. The number of esters is 1. The first-order valence-electron chi connectivity index (χ1n) is 9.67. The lowest BCUT2D eigenvalue weighted by atomic mass is 9.85. The Morgan fingerprint density at radius 2 is 2.11 bits per heavy atom. The Morgan fingerprint density at radius 3 is 2.75 bits per heavy atom. The van der Waals surface area contributed by atoms with Crippen LogP contribution in [0.5, 0.6) is 11.5 Å². The standard InChI is InChI=1S/C22H30O6/c1-14(23)17-5-4-6-18(11-16-7-10-20(26)22(12-16)27-3)21(28-15(2)24)13-19(25)9-8-17/h7,10,12,14,17-19,21,23,25-26H,6,8-9,11,13H2,1-3H3/t14-,17+,18+,19-,21-/m0/s1. The number of methoxy groups -OCH3 is 1. The van der Waals surface area contributed by atoms with Crippen LogP contribution in [0.1, 0.15) is 45.1 Å². The first-order chi connectivity index (χ1) is 13.3. The van der Waals surface area contributed by atoms with Crippen molar-refractivity contribution in [1.29, 1.82) is 0 Å². The molecule has 1 aliphatic rings. The fourth-order valence-corrected chi connectivity index (χ4v) is 3.55. The molecule has 0 aliphatic heterocycles. The predicted octanol–water partition coefficient (Wildman–Crippen LogP) is 2.43. The van der Waals surface area contributed by atoms with Gasteiger partial charge in [-0.25, -0.2) is 0 Å². The molecule has 0 heterocycles. The highest BCUT2D eigenvalue weighted by molar-refractivity contribution is 5.66. The molecule has 1 aromatic rings. The second-order valence-corrected chi connectivity index (χ2v) is 7.46. The minimum atomic E-state index is -0.637. The van der Waals surface area contributed by atoms with Crippen LogP contribution in [0.25, 0.3) is 0 Å². The number of aliphatic hydroxyl groups excluding tert-OH is 2. The van der Waals surface area contributed by atoms with Crippen molar-refractivity contribution in [2.24, 2.45) is 11.8 Å². The second kappa shape index (κ2) is 10.4. The molecule has 0 spiro atoms. The zero-order valence-electron chi connectivity index (χ0n) is 16.7. The van der Waals surface area contributed by atoms with Crippen LogP contribution in [-0.2, 0) is 16.0 Å². The number of hydrogen-bond donors (Lipinski definition) is 3. The minimum Gasteiger partial charge on any atom is -0.504 e. The highest BCUT2D eigenvalue weighted by Crippen LogP contribution is 2.30. The summed E-state index contributed by atoms with van der Waals surface area (Å²) in [6.07, 6.45) is 0.760. The van der Waals surface area contributed by atoms with Gasteiger partial charge in [0.15, 0.2) is 11.5 Å². The Kier molecular flexibility index (Phi) is 8.16. The third-order valence-corrected chi connectivity index (χ3v) is 5.13. The molecule has 154 valence electrons. The summed E-state index contributed by atoms with van der Waals surface area (Å²) in [5.74, 6) is 5.99. The lowest BCUT2D eigenvalue weighted by Crippen LogP contribution is -2.32. The van der Waals surface area contributed by atoms with E-state index in [1.165, 1.54) is 14.0 Å². The SMILES string of the molecule is COc1cc(C[C@H]2CC#C[C@@H]([C@H](C)O)CC[C@H](O)C[C@@H]2OC(C)=O)ccc1O. The molecule has 6 nitrogen and oxygen atoms in total. The van der Waals surface area contributed by atoms with Crippen LogP contribution in [-0.4, -0.2) is 46.7 Å². The Balaban J connectivity index is 2.30. The predicted molar refractivity (Wildman–Crippen MR) is 105 cm³/mol. The lowest BCUT2D eigenvalue weighted by molar-refractivity contribution is -0.150. The molecule has 3 N–H and O–H groups in total. The van der Waals surface area contributed by atoms with Crippen molar-refractivity contribution in [1.82, 2.24) is 0 Å². The smallest absolute Gasteiger partial charge is 0.302 e. The van der Waals surface area contributed by atoms with Gasteiger partial charge in [0.2, 0.25) is 0 Å². The second-order valence-electron chi connectivity index (χ2n) is 7.46. The third-order valence-electron chi connectivity index (χ3n) is 5.13. The number of hydrogen-bond acceptors (Lipinski definition) is 6. The van der Waals surface area contributed by atoms with Gasteiger partial charge in [0.1, 0.15) is 6.10 Å². The molecule has 1 aromatic carbocycles. The molecule has 6 heteroatoms. The fourth-order valence-electron chi connectivity index (χ4n) is 3.55. The van der Waals surface area contributed by atoms with Gasteiger partial charge in [0, 0.05) is 31.6 Å². The Bertz CT molecular complexity index is 717. The lowest BCUT2D eigenvalue weighted by Gasteiger charge is -2.29. The molecular formula is C22H30O6. The molecule has 2 rings (SSSR count). The van der Waals surface area contributed by atoms with Crippen LogP contribution in [0.2, 0.25) is 0 Å². The molecular weight excluding hydrogens is 360 g/mol. The molecule has 0 amide bonds. The van der Waals surface area contributed by atoms with Crippen LogP contribution in [0.4, 0.5) is 0 Å². The van der Waals surface area contributed by atoms with E-state index < -0.39 is 24.3 Å². The normalized spacial score (nSPS) is 26.5. The molecule has 0 saturated heterocycles. The van der Waals surface area contributed by atoms with Gasteiger partial charge in [-0.1, -0.05) is 12.0 Å². The number of phenols is 1. The summed E-state index contributed by atoms with van der Waals surface area (Å²) >= 11 is 0. The van der Waals surface area contributed by atoms with Crippen LogP contribution in [0, 0.1) is 23.7 Å². The van der Waals surface area contributed by atoms with Crippen LogP contribution >= 0.6 is 0 Å². The molecule has 0 aromatic heterocycles. The number of carbonyl (C=O) groups excluding carboxylic acids is 1. The van der Waals surface area contributed by atoms with E-state index in [0.29, 0.717) is 37.9 Å². The maximum atomic E-state index is 11.6. The van der Waals surface area contributed by atoms with Gasteiger partial charge in [-0.15, -0.1) is 5.92 Å². The average Bonchev–Trinajstić information content (AvgIpc) is 2.63. The number of aliphatic hydroxyl groups is 2. The zero-order valence-corrected chi connectivity index (χ0v) is 16.7. The van der Waals surface area contributed by atoms with Crippen molar-refractivity contribution in [3.8, 4) is 23.3 Å². The molecule has 1 aliphatic carbocycles. The number of phenolic OH excluding ortho intramolecular Hbond substituents is 1. The van der Waals surface area contributed by atoms with Gasteiger partial charge in [-0.3, -0.25) is 4.79 Å². The monoisotopic (exact) mass is 390 g/mol. The van der Waals surface area contributed by atoms with Crippen molar-refractivity contribution < 1.29 is 29.6 Å². The maximum absolute atomic E-state index is 11.6. The molecule has 0 fully saturated rings. The van der Waals surface area contributed by atoms with Gasteiger partial charge >= 0.3 is 5.97 Å². The Labute approximate surface area is 166 Å². The van der Waals surface area contributed by atoms with Gasteiger partial charge in [-0.05, 0) is 43.9 Å². The Hall–Kier alpha value is -2.23. The van der Waals surface area contributed by atoms with Crippen molar-refractivity contribution in [2.75, 3.05) is 7.11 Å². The van der Waals surface area contributed by atoms with Gasteiger partial charge in [0.05, 0.1) is 19.3 Å². The van der Waals surface area contributed by atoms with E-state index >= 15 is 0 Å². The summed E-state index contributed by atoms with van der Waals surface area (Å²) in [5, 5.41) is 30.2. The van der Waals surface area contributed by atoms with Gasteiger partial charge in [-0.2, -0.15) is 0 Å². The number of benzene rings is 1. The molecule has 0 unspecified atom stereocenters. The van der Waals surface area contributed by atoms with E-state index in [1.54, 1.807) is 25.1 Å². The third kappa shape index (κ3) is 6.43. The summed E-state index contributed by atoms with van der Waals surface area (Å²) < 4.78 is 10.7. The first-order valence-corrected chi connectivity index (χ1v) is 9.67. The van der Waals surface area contributed by atoms with Gasteiger partial charge < -0.3 is 24.8 Å². The fraction of sp³-hybridized carbons (Fsp3) is 0.591. The number of aromatic hydroxyl groups is 1. The van der Waals surface area contributed by atoms with Crippen LogP contribution < -0.4 is 4.74 Å². The average molecular weight is 390 g/mol. The summed E-state index contributed by atoms with van der Waals surface area (Å²) in [7, 11) is 1.49. The van der Waals surface area contributed by atoms with Crippen molar-refractivity contribution in [3.63, 3.8) is 0 Å². The summed E-state index contributed by atoms with van der Waals surface area (Å²) in [5.41, 5.74) is 0.914. The van der Waals surface area contributed by atoms with E-state index in [0.717, 1.165) is 5.56 Å². The molecule has 0 bridgehead atoms. The van der Waals surface area contributed by atoms with Gasteiger partial charge in [0.25, 0.3) is 0 Å². The van der Waals surface area contributed by atoms with E-state index in [1.807, 2.05) is 0 Å². The van der Waals surface area contributed by atoms with E-state index in [9.17, 15) is 20.1 Å². The number of carbonyl (C=O) groups is 1. The highest BCUT2D eigenvalue weighted by atomic mass is 16.5. The van der Waals surface area contributed by atoms with Crippen molar-refractivity contribution in [3.05, 3.63) is 23.8 Å². The summed E-state index contributed by atoms with van der Waals surface area (Å²) in [6, 6.07) is 5.12. The summed E-state index contributed by atoms with van der Waals surface area (Å²) in [4.78, 5) is 11.6. The topological polar surface area (TPSA) is 96.2 Å². The quantitative estimate of drug-likeness (QED) is 0.528. The summed E-state index contributed by atoms with van der Waals surface area (Å²) in [6.45, 7) is 3.07. The Morgan fingerprint density at radius 1 is 1.36 bits per heavy atom. The van der Waals surface area contributed by atoms with E-state index in [-0.39, 0.29) is 17.6 Å². The van der Waals surface area contributed by atoms with Crippen LogP contribution in [0.3, 0.4) is 0 Å².